The molecule has 0 unspecified atom stereocenters. The van der Waals surface area contributed by atoms with Crippen molar-refractivity contribution in [3.8, 4) is 67.5 Å². The van der Waals surface area contributed by atoms with Gasteiger partial charge in [-0.1, -0.05) is 146 Å². The zero-order valence-corrected chi connectivity index (χ0v) is 49.4. The fourth-order valence-corrected chi connectivity index (χ4v) is 13.3. The molecule has 0 saturated heterocycles. The molecule has 11 aromatic rings. The minimum absolute atomic E-state index is 0.0661. The highest BCUT2D eigenvalue weighted by molar-refractivity contribution is 7.86. The summed E-state index contributed by atoms with van der Waals surface area (Å²) in [6.07, 6.45) is -0.325. The second-order valence-corrected chi connectivity index (χ2v) is 27.2. The largest absolute Gasteiger partial charge is 0.493 e. The van der Waals surface area contributed by atoms with Crippen LogP contribution in [0.25, 0.3) is 109 Å². The third kappa shape index (κ3) is 13.4. The predicted molar refractivity (Wildman–Crippen MR) is 339 cm³/mol. The molecule has 0 amide bonds. The summed E-state index contributed by atoms with van der Waals surface area (Å²) in [5.74, 6) is -1.21. The molecule has 0 fully saturated rings. The smallest absolute Gasteiger partial charge is 0.264 e. The van der Waals surface area contributed by atoms with Crippen molar-refractivity contribution < 1.29 is 70.8 Å². The second kappa shape index (κ2) is 24.7. The first kappa shape index (κ1) is 59.5. The van der Waals surface area contributed by atoms with Crippen LogP contribution in [-0.2, 0) is 40.5 Å². The van der Waals surface area contributed by atoms with Gasteiger partial charge >= 0.3 is 0 Å². The Kier molecular flexibility index (Phi) is 17.1. The van der Waals surface area contributed by atoms with E-state index in [1.165, 1.54) is 0 Å². The molecule has 16 nitrogen and oxygen atoms in total. The van der Waals surface area contributed by atoms with Crippen molar-refractivity contribution in [2.24, 2.45) is 0 Å². The minimum atomic E-state index is -4.39. The maximum absolute atomic E-state index is 12.1. The van der Waals surface area contributed by atoms with Gasteiger partial charge in [0.2, 0.25) is 0 Å². The molecule has 11 rings (SSSR count). The Hall–Kier alpha value is -8.18. The molecule has 11 aromatic carbocycles. The van der Waals surface area contributed by atoms with Gasteiger partial charge in [0, 0.05) is 56.6 Å². The van der Waals surface area contributed by atoms with Crippen molar-refractivity contribution in [1.29, 1.82) is 0 Å². The molecule has 0 aliphatic carbocycles. The van der Waals surface area contributed by atoms with Crippen molar-refractivity contribution in [3.63, 3.8) is 0 Å². The molecule has 0 radical (unpaired) electrons. The van der Waals surface area contributed by atoms with Gasteiger partial charge in [-0.3, -0.25) is 18.2 Å². The quantitative estimate of drug-likeness (QED) is 0.0249. The number of ether oxygens (including phenoxy) is 4. The van der Waals surface area contributed by atoms with Gasteiger partial charge in [0.1, 0.15) is 23.0 Å². The van der Waals surface area contributed by atoms with Gasteiger partial charge in [-0.2, -0.15) is 33.7 Å². The Labute approximate surface area is 497 Å². The van der Waals surface area contributed by atoms with E-state index in [4.69, 9.17) is 18.9 Å². The van der Waals surface area contributed by atoms with Gasteiger partial charge in [-0.15, -0.1) is 0 Å². The summed E-state index contributed by atoms with van der Waals surface area (Å²) in [5, 5.41) is 10.0. The second-order valence-electron chi connectivity index (χ2n) is 20.9. The van der Waals surface area contributed by atoms with E-state index in [9.17, 15) is 51.9 Å². The molecule has 0 spiro atoms. The Bertz CT molecular complexity index is 4440. The molecule has 0 atom stereocenters. The van der Waals surface area contributed by atoms with Gasteiger partial charge in [0.05, 0.1) is 49.4 Å². The topological polar surface area (TPSA) is 254 Å². The number of rotatable bonds is 24. The molecular formula is C66H58O16S4. The number of hydrogen-bond acceptors (Lipinski definition) is 12. The number of fused-ring (bicyclic) bond motifs is 6. The fraction of sp³-hybridized carbons (Fsp3) is 0.182. The van der Waals surface area contributed by atoms with Gasteiger partial charge in [0.25, 0.3) is 40.5 Å². The lowest BCUT2D eigenvalue weighted by atomic mass is 9.83. The molecule has 86 heavy (non-hydrogen) atoms. The van der Waals surface area contributed by atoms with E-state index >= 15 is 0 Å². The monoisotopic (exact) mass is 1230 g/mol. The highest BCUT2D eigenvalue weighted by atomic mass is 32.2. The van der Waals surface area contributed by atoms with E-state index in [2.05, 4.69) is 12.1 Å². The summed E-state index contributed by atoms with van der Waals surface area (Å²) >= 11 is 0. The summed E-state index contributed by atoms with van der Waals surface area (Å²) in [6.45, 7) is -0.618. The molecule has 0 aliphatic rings. The fourth-order valence-electron chi connectivity index (χ4n) is 11.4. The van der Waals surface area contributed by atoms with Crippen LogP contribution in [0.2, 0.25) is 0 Å². The Balaban J connectivity index is 1.22. The van der Waals surface area contributed by atoms with Gasteiger partial charge in [0.15, 0.2) is 0 Å². The first-order valence-electron chi connectivity index (χ1n) is 27.6. The number of benzene rings is 11. The zero-order valence-electron chi connectivity index (χ0n) is 46.1. The third-order valence-corrected chi connectivity index (χ3v) is 18.2. The molecule has 0 heterocycles. The first-order chi connectivity index (χ1) is 41.2. The van der Waals surface area contributed by atoms with Crippen LogP contribution < -0.4 is 18.9 Å². The lowest BCUT2D eigenvalue weighted by molar-refractivity contribution is 0.302. The van der Waals surface area contributed by atoms with E-state index in [-0.39, 0.29) is 63.6 Å². The number of hydrogen-bond donors (Lipinski definition) is 4. The summed E-state index contributed by atoms with van der Waals surface area (Å²) in [5.41, 5.74) is 5.24. The van der Waals surface area contributed by atoms with Crippen LogP contribution in [0.15, 0.2) is 182 Å². The maximum atomic E-state index is 12.1. The zero-order chi connectivity index (χ0) is 60.4. The molecule has 0 saturated carbocycles. The third-order valence-electron chi connectivity index (χ3n) is 14.9. The van der Waals surface area contributed by atoms with Crippen LogP contribution in [0.5, 0.6) is 23.0 Å². The minimum Gasteiger partial charge on any atom is -0.493 e. The van der Waals surface area contributed by atoms with Crippen molar-refractivity contribution in [3.05, 3.63) is 182 Å². The van der Waals surface area contributed by atoms with Crippen LogP contribution >= 0.6 is 0 Å². The molecule has 442 valence electrons. The van der Waals surface area contributed by atoms with Crippen molar-refractivity contribution >= 4 is 105 Å². The van der Waals surface area contributed by atoms with Crippen LogP contribution in [0.3, 0.4) is 0 Å². The molecule has 0 aliphatic heterocycles. The maximum Gasteiger partial charge on any atom is 0.264 e. The molecule has 20 heteroatoms. The predicted octanol–water partition coefficient (Wildman–Crippen LogP) is 13.9. The average molecular weight is 1240 g/mol. The first-order valence-corrected chi connectivity index (χ1v) is 34.1. The SMILES string of the molecule is O=S(=O)(O)CCCOc1cc(OCCCS(=O)(=O)O)c(-c2c3ccccc3c(-c3cc(-c4c5ccccc5cc5ccccc45)c(OCCCS(=O)(=O)O)cc3OCCCS(=O)(=O)O)c3ccccc23)cc1-c1c2ccccc2cc2ccccc12. The van der Waals surface area contributed by atoms with Crippen LogP contribution in [0, 0.1) is 0 Å². The van der Waals surface area contributed by atoms with Crippen LogP contribution in [0.4, 0.5) is 0 Å². The van der Waals surface area contributed by atoms with E-state index < -0.39 is 63.5 Å². The van der Waals surface area contributed by atoms with Gasteiger partial charge in [-0.25, -0.2) is 0 Å². The summed E-state index contributed by atoms with van der Waals surface area (Å²) in [7, 11) is -17.5. The van der Waals surface area contributed by atoms with E-state index in [1.807, 2.05) is 158 Å². The lowest BCUT2D eigenvalue weighted by Gasteiger charge is -2.24. The Morgan fingerprint density at radius 1 is 0.256 bits per heavy atom. The van der Waals surface area contributed by atoms with Crippen LogP contribution in [0.1, 0.15) is 25.7 Å². The standard InChI is InChI=1S/C66H58O16S4/c67-83(68,69)33-13-29-79-59-41-61(81-31-15-35-85(73,74)75)57(39-55(59)63-47-21-5-1-17-43(47)37-44-18-2-6-22-48(44)63)65-51-25-9-11-27-53(51)66(54-28-12-10-26-52(54)65)58-40-56(64-49-23-7-3-19-45(49)38-46-20-4-8-24-50(46)64)60(80-30-14-34-84(70,71)72)42-62(58)82-32-16-36-86(76,77)78/h1-12,17-28,37-42H,13-16,29-36H2,(H,67,68,69)(H,70,71,72)(H,73,74,75)(H,76,77,78). The average Bonchev–Trinajstić information content (AvgIpc) is 0.834. The van der Waals surface area contributed by atoms with E-state index in [1.54, 1.807) is 12.1 Å². The molecule has 0 bridgehead atoms. The highest BCUT2D eigenvalue weighted by Crippen LogP contribution is 2.53. The summed E-state index contributed by atoms with van der Waals surface area (Å²) in [6, 6.07) is 58.5. The van der Waals surface area contributed by atoms with Crippen molar-refractivity contribution in [2.75, 3.05) is 49.4 Å². The molecular weight excluding hydrogens is 1180 g/mol. The van der Waals surface area contributed by atoms with E-state index in [0.29, 0.717) is 66.4 Å². The van der Waals surface area contributed by atoms with Crippen molar-refractivity contribution in [2.45, 2.75) is 25.7 Å². The van der Waals surface area contributed by atoms with Gasteiger partial charge in [-0.05, 0) is 115 Å². The summed E-state index contributed by atoms with van der Waals surface area (Å²) in [4.78, 5) is 0. The van der Waals surface area contributed by atoms with Crippen LogP contribution in [-0.4, -0.2) is 101 Å². The highest BCUT2D eigenvalue weighted by Gasteiger charge is 2.27. The van der Waals surface area contributed by atoms with Crippen molar-refractivity contribution in [1.82, 2.24) is 0 Å². The van der Waals surface area contributed by atoms with E-state index in [0.717, 1.165) is 54.2 Å². The van der Waals surface area contributed by atoms with Gasteiger partial charge < -0.3 is 18.9 Å². The molecule has 0 aromatic heterocycles. The normalized spacial score (nSPS) is 12.4. The lowest BCUT2D eigenvalue weighted by Crippen LogP contribution is -2.10. The Morgan fingerprint density at radius 3 is 0.674 bits per heavy atom. The Morgan fingerprint density at radius 2 is 0.453 bits per heavy atom. The summed E-state index contributed by atoms with van der Waals surface area (Å²) < 4.78 is 162. The molecule has 4 N–H and O–H groups in total.